The van der Waals surface area contributed by atoms with E-state index in [0.29, 0.717) is 12.5 Å². The molecule has 1 unspecified atom stereocenters. The number of thiophene rings is 1. The zero-order valence-corrected chi connectivity index (χ0v) is 12.7. The molecule has 0 spiro atoms. The van der Waals surface area contributed by atoms with E-state index in [9.17, 15) is 4.79 Å². The van der Waals surface area contributed by atoms with E-state index in [2.05, 4.69) is 12.2 Å². The third-order valence-corrected chi connectivity index (χ3v) is 5.33. The molecule has 2 rings (SSSR count). The number of nitrogens with one attached hydrogen (secondary N) is 1. The Labute approximate surface area is 119 Å². The Bertz CT molecular complexity index is 416. The molecule has 1 aliphatic carbocycles. The van der Waals surface area contributed by atoms with Crippen molar-refractivity contribution in [3.05, 3.63) is 21.4 Å². The lowest BCUT2D eigenvalue weighted by Crippen LogP contribution is -2.45. The summed E-state index contributed by atoms with van der Waals surface area (Å²) >= 11 is 1.57. The third-order valence-electron chi connectivity index (χ3n) is 4.18. The van der Waals surface area contributed by atoms with Crippen molar-refractivity contribution in [2.45, 2.75) is 52.0 Å². The summed E-state index contributed by atoms with van der Waals surface area (Å²) < 4.78 is 0. The first-order valence-electron chi connectivity index (χ1n) is 7.19. The molecule has 1 aliphatic rings. The lowest BCUT2D eigenvalue weighted by molar-refractivity contribution is 0.0919. The number of amides is 1. The van der Waals surface area contributed by atoms with E-state index >= 15 is 0 Å². The van der Waals surface area contributed by atoms with Crippen LogP contribution in [0.3, 0.4) is 0 Å². The summed E-state index contributed by atoms with van der Waals surface area (Å²) in [6, 6.07) is 2.11. The highest BCUT2D eigenvalue weighted by molar-refractivity contribution is 7.14. The minimum atomic E-state index is 0.0437. The molecule has 106 valence electrons. The van der Waals surface area contributed by atoms with Gasteiger partial charge in [-0.15, -0.1) is 11.3 Å². The van der Waals surface area contributed by atoms with E-state index in [-0.39, 0.29) is 11.9 Å². The number of carbonyl (C=O) groups excluding carboxylic acids is 1. The lowest BCUT2D eigenvalue weighted by Gasteiger charge is -2.29. The summed E-state index contributed by atoms with van der Waals surface area (Å²) in [5, 5.41) is 3.14. The van der Waals surface area contributed by atoms with Crippen molar-refractivity contribution < 1.29 is 4.79 Å². The molecule has 1 fully saturated rings. The monoisotopic (exact) mass is 280 g/mol. The number of carbonyl (C=O) groups is 1. The summed E-state index contributed by atoms with van der Waals surface area (Å²) in [5.74, 6) is 0.604. The van der Waals surface area contributed by atoms with Crippen LogP contribution in [0.5, 0.6) is 0 Å². The van der Waals surface area contributed by atoms with E-state index in [1.165, 1.54) is 42.5 Å². The second kappa shape index (κ2) is 6.53. The highest BCUT2D eigenvalue weighted by atomic mass is 32.1. The SMILES string of the molecule is Cc1cc(C(=O)NC(CN)C2CCCCC2)sc1C. The zero-order valence-electron chi connectivity index (χ0n) is 11.9. The van der Waals surface area contributed by atoms with Crippen LogP contribution in [-0.2, 0) is 0 Å². The topological polar surface area (TPSA) is 55.1 Å². The first-order valence-corrected chi connectivity index (χ1v) is 8.01. The minimum absolute atomic E-state index is 0.0437. The summed E-state index contributed by atoms with van der Waals surface area (Å²) in [5.41, 5.74) is 7.05. The fourth-order valence-electron chi connectivity index (χ4n) is 2.83. The maximum absolute atomic E-state index is 12.3. The van der Waals surface area contributed by atoms with Crippen molar-refractivity contribution >= 4 is 17.2 Å². The molecule has 1 aromatic rings. The Morgan fingerprint density at radius 3 is 2.63 bits per heavy atom. The van der Waals surface area contributed by atoms with Gasteiger partial charge < -0.3 is 11.1 Å². The Balaban J connectivity index is 1.99. The van der Waals surface area contributed by atoms with Gasteiger partial charge in [0.05, 0.1) is 4.88 Å². The number of hydrogen-bond acceptors (Lipinski definition) is 3. The zero-order chi connectivity index (χ0) is 13.8. The average molecular weight is 280 g/mol. The van der Waals surface area contributed by atoms with Crippen molar-refractivity contribution in [2.24, 2.45) is 11.7 Å². The van der Waals surface area contributed by atoms with Gasteiger partial charge in [-0.1, -0.05) is 19.3 Å². The van der Waals surface area contributed by atoms with Gasteiger partial charge in [0, 0.05) is 17.5 Å². The van der Waals surface area contributed by atoms with Crippen LogP contribution in [0.4, 0.5) is 0 Å². The van der Waals surface area contributed by atoms with Gasteiger partial charge in [-0.2, -0.15) is 0 Å². The van der Waals surface area contributed by atoms with Gasteiger partial charge in [0.15, 0.2) is 0 Å². The van der Waals surface area contributed by atoms with Crippen molar-refractivity contribution in [3.63, 3.8) is 0 Å². The molecule has 1 aromatic heterocycles. The molecule has 3 N–H and O–H groups in total. The van der Waals surface area contributed by atoms with Crippen LogP contribution in [0.1, 0.15) is 52.2 Å². The van der Waals surface area contributed by atoms with Crippen LogP contribution in [0.25, 0.3) is 0 Å². The molecule has 1 saturated carbocycles. The molecule has 1 amide bonds. The Morgan fingerprint density at radius 2 is 2.11 bits per heavy atom. The molecule has 3 nitrogen and oxygen atoms in total. The van der Waals surface area contributed by atoms with E-state index in [1.54, 1.807) is 11.3 Å². The maximum Gasteiger partial charge on any atom is 0.261 e. The largest absolute Gasteiger partial charge is 0.347 e. The summed E-state index contributed by atoms with van der Waals surface area (Å²) in [6.45, 7) is 4.64. The van der Waals surface area contributed by atoms with Gasteiger partial charge in [-0.3, -0.25) is 4.79 Å². The molecular formula is C15H24N2OS. The molecule has 19 heavy (non-hydrogen) atoms. The Morgan fingerprint density at radius 1 is 1.42 bits per heavy atom. The standard InChI is InChI=1S/C15H24N2OS/c1-10-8-14(19-11(10)2)15(18)17-13(9-16)12-6-4-3-5-7-12/h8,12-13H,3-7,9,16H2,1-2H3,(H,17,18). The lowest BCUT2D eigenvalue weighted by atomic mass is 9.84. The molecule has 0 saturated heterocycles. The second-order valence-corrected chi connectivity index (χ2v) is 6.82. The molecule has 0 aliphatic heterocycles. The summed E-state index contributed by atoms with van der Waals surface area (Å²) in [6.07, 6.45) is 6.27. The molecule has 4 heteroatoms. The number of rotatable bonds is 4. The number of hydrogen-bond donors (Lipinski definition) is 2. The first kappa shape index (κ1) is 14.5. The van der Waals surface area contributed by atoms with Gasteiger partial charge in [0.25, 0.3) is 5.91 Å². The van der Waals surface area contributed by atoms with Crippen molar-refractivity contribution in [2.75, 3.05) is 6.54 Å². The maximum atomic E-state index is 12.3. The van der Waals surface area contributed by atoms with Crippen LogP contribution in [0, 0.1) is 19.8 Å². The highest BCUT2D eigenvalue weighted by Gasteiger charge is 2.24. The van der Waals surface area contributed by atoms with Crippen molar-refractivity contribution in [3.8, 4) is 0 Å². The van der Waals surface area contributed by atoms with Gasteiger partial charge in [-0.05, 0) is 44.2 Å². The van der Waals surface area contributed by atoms with Gasteiger partial charge in [-0.25, -0.2) is 0 Å². The van der Waals surface area contributed by atoms with E-state index in [4.69, 9.17) is 5.73 Å². The Kier molecular flexibility index (Phi) is 4.99. The van der Waals surface area contributed by atoms with Crippen LogP contribution in [0.2, 0.25) is 0 Å². The average Bonchev–Trinajstić information content (AvgIpc) is 2.77. The molecule has 0 radical (unpaired) electrons. The minimum Gasteiger partial charge on any atom is -0.347 e. The van der Waals surface area contributed by atoms with Crippen LogP contribution in [0.15, 0.2) is 6.07 Å². The first-order chi connectivity index (χ1) is 9.11. The fourth-order valence-corrected chi connectivity index (χ4v) is 3.77. The van der Waals surface area contributed by atoms with Crippen molar-refractivity contribution in [1.29, 1.82) is 0 Å². The smallest absolute Gasteiger partial charge is 0.261 e. The second-order valence-electron chi connectivity index (χ2n) is 5.56. The van der Waals surface area contributed by atoms with E-state index < -0.39 is 0 Å². The summed E-state index contributed by atoms with van der Waals surface area (Å²) in [4.78, 5) is 14.3. The third kappa shape index (κ3) is 3.57. The quantitative estimate of drug-likeness (QED) is 0.891. The predicted octanol–water partition coefficient (Wildman–Crippen LogP) is 3.00. The summed E-state index contributed by atoms with van der Waals surface area (Å²) in [7, 11) is 0. The molecule has 0 bridgehead atoms. The van der Waals surface area contributed by atoms with Gasteiger partial charge in [0.1, 0.15) is 0 Å². The van der Waals surface area contributed by atoms with E-state index in [1.807, 2.05) is 13.0 Å². The van der Waals surface area contributed by atoms with Crippen molar-refractivity contribution in [1.82, 2.24) is 5.32 Å². The van der Waals surface area contributed by atoms with E-state index in [0.717, 1.165) is 4.88 Å². The number of nitrogens with two attached hydrogens (primary N) is 1. The van der Waals surface area contributed by atoms with Crippen LogP contribution < -0.4 is 11.1 Å². The molecule has 0 aromatic carbocycles. The fraction of sp³-hybridized carbons (Fsp3) is 0.667. The molecule has 1 heterocycles. The number of aryl methyl sites for hydroxylation is 2. The van der Waals surface area contributed by atoms with Gasteiger partial charge >= 0.3 is 0 Å². The van der Waals surface area contributed by atoms with Crippen LogP contribution >= 0.6 is 11.3 Å². The molecular weight excluding hydrogens is 256 g/mol. The normalized spacial score (nSPS) is 18.3. The molecule has 1 atom stereocenters. The van der Waals surface area contributed by atoms with Crippen LogP contribution in [-0.4, -0.2) is 18.5 Å². The highest BCUT2D eigenvalue weighted by Crippen LogP contribution is 2.27. The van der Waals surface area contributed by atoms with Gasteiger partial charge in [0.2, 0.25) is 0 Å². The Hall–Kier alpha value is -0.870. The predicted molar refractivity (Wildman–Crippen MR) is 80.7 cm³/mol.